The number of halogens is 3. The summed E-state index contributed by atoms with van der Waals surface area (Å²) in [5.41, 5.74) is 2.57. The minimum absolute atomic E-state index is 0.177. The number of hydrogen-bond donors (Lipinski definition) is 1. The fraction of sp³-hybridized carbons (Fsp3) is 0.300. The molecule has 0 aromatic heterocycles. The predicted molar refractivity (Wildman–Crippen MR) is 90.3 cm³/mol. The summed E-state index contributed by atoms with van der Waals surface area (Å²) in [4.78, 5) is 0. The van der Waals surface area contributed by atoms with Crippen LogP contribution in [0.2, 0.25) is 0 Å². The molecule has 0 aliphatic heterocycles. The Labute approximate surface area is 140 Å². The number of allylic oxidation sites excluding steroid dienone is 1. The average molecular weight is 331 g/mol. The first-order valence-corrected chi connectivity index (χ1v) is 8.19. The molecule has 4 heteroatoms. The van der Waals surface area contributed by atoms with E-state index in [4.69, 9.17) is 0 Å². The number of rotatable bonds is 4. The maximum Gasteiger partial charge on any atom is 0.416 e. The van der Waals surface area contributed by atoms with Crippen molar-refractivity contribution in [2.45, 2.75) is 38.0 Å². The Morgan fingerprint density at radius 2 is 1.67 bits per heavy atom. The Hall–Kier alpha value is -2.07. The van der Waals surface area contributed by atoms with E-state index in [1.54, 1.807) is 12.1 Å². The van der Waals surface area contributed by atoms with Gasteiger partial charge in [-0.1, -0.05) is 48.5 Å². The lowest BCUT2D eigenvalue weighted by Crippen LogP contribution is -2.31. The first-order valence-electron chi connectivity index (χ1n) is 8.19. The van der Waals surface area contributed by atoms with Crippen LogP contribution in [0.1, 0.15) is 36.0 Å². The lowest BCUT2D eigenvalue weighted by Gasteiger charge is -2.26. The first-order chi connectivity index (χ1) is 11.5. The summed E-state index contributed by atoms with van der Waals surface area (Å²) in [6.07, 6.45) is 0.926. The quantitative estimate of drug-likeness (QED) is 0.787. The van der Waals surface area contributed by atoms with Crippen LogP contribution in [0.3, 0.4) is 0 Å². The third kappa shape index (κ3) is 4.06. The Morgan fingerprint density at radius 3 is 2.33 bits per heavy atom. The maximum absolute atomic E-state index is 12.7. The Balaban J connectivity index is 1.73. The molecule has 0 spiro atoms. The molecule has 0 heterocycles. The molecule has 1 aliphatic carbocycles. The lowest BCUT2D eigenvalue weighted by atomic mass is 9.88. The fourth-order valence-electron chi connectivity index (χ4n) is 3.10. The third-order valence-electron chi connectivity index (χ3n) is 4.38. The van der Waals surface area contributed by atoms with Crippen LogP contribution in [0.15, 0.2) is 60.7 Å². The van der Waals surface area contributed by atoms with E-state index in [9.17, 15) is 13.2 Å². The van der Waals surface area contributed by atoms with Gasteiger partial charge in [0.1, 0.15) is 0 Å². The summed E-state index contributed by atoms with van der Waals surface area (Å²) >= 11 is 0. The zero-order chi connectivity index (χ0) is 17.0. The highest BCUT2D eigenvalue weighted by Crippen LogP contribution is 2.32. The van der Waals surface area contributed by atoms with Crippen LogP contribution < -0.4 is 5.32 Å². The second kappa shape index (κ2) is 7.22. The van der Waals surface area contributed by atoms with Gasteiger partial charge in [-0.2, -0.15) is 13.2 Å². The third-order valence-corrected chi connectivity index (χ3v) is 4.38. The predicted octanol–water partition coefficient (Wildman–Crippen LogP) is 5.43. The number of alkyl halides is 3. The van der Waals surface area contributed by atoms with E-state index in [2.05, 4.69) is 23.5 Å². The lowest BCUT2D eigenvalue weighted by molar-refractivity contribution is -0.137. The van der Waals surface area contributed by atoms with Crippen molar-refractivity contribution in [1.82, 2.24) is 5.32 Å². The van der Waals surface area contributed by atoms with Crippen molar-refractivity contribution in [2.75, 3.05) is 0 Å². The molecule has 0 fully saturated rings. The molecule has 0 bridgehead atoms. The summed E-state index contributed by atoms with van der Waals surface area (Å²) in [6.45, 7) is 0.753. The molecule has 2 aromatic carbocycles. The van der Waals surface area contributed by atoms with Crippen molar-refractivity contribution in [1.29, 1.82) is 0 Å². The van der Waals surface area contributed by atoms with E-state index in [-0.39, 0.29) is 6.04 Å². The van der Waals surface area contributed by atoms with Gasteiger partial charge in [-0.25, -0.2) is 0 Å². The average Bonchev–Trinajstić information content (AvgIpc) is 2.60. The van der Waals surface area contributed by atoms with Gasteiger partial charge in [-0.15, -0.1) is 0 Å². The molecule has 1 atom stereocenters. The first kappa shape index (κ1) is 16.8. The van der Waals surface area contributed by atoms with E-state index < -0.39 is 11.7 Å². The normalized spacial score (nSPS) is 18.3. The van der Waals surface area contributed by atoms with E-state index >= 15 is 0 Å². The van der Waals surface area contributed by atoms with Crippen LogP contribution in [0.5, 0.6) is 0 Å². The highest BCUT2D eigenvalue weighted by Gasteiger charge is 2.30. The maximum atomic E-state index is 12.7. The molecule has 1 nitrogen and oxygen atoms in total. The van der Waals surface area contributed by atoms with Crippen LogP contribution >= 0.6 is 0 Å². The largest absolute Gasteiger partial charge is 0.416 e. The van der Waals surface area contributed by atoms with Gasteiger partial charge in [0.05, 0.1) is 5.56 Å². The van der Waals surface area contributed by atoms with Crippen molar-refractivity contribution >= 4 is 5.57 Å². The summed E-state index contributed by atoms with van der Waals surface area (Å²) in [5.74, 6) is 0. The summed E-state index contributed by atoms with van der Waals surface area (Å²) in [7, 11) is 0. The Bertz CT molecular complexity index is 687. The number of hydrogen-bond acceptors (Lipinski definition) is 1. The summed E-state index contributed by atoms with van der Waals surface area (Å²) in [5, 5.41) is 3.54. The van der Waals surface area contributed by atoms with Gasteiger partial charge >= 0.3 is 6.18 Å². The monoisotopic (exact) mass is 331 g/mol. The summed E-state index contributed by atoms with van der Waals surface area (Å²) < 4.78 is 38.2. The molecule has 3 rings (SSSR count). The molecule has 0 saturated carbocycles. The van der Waals surface area contributed by atoms with E-state index in [1.807, 2.05) is 18.2 Å². The molecular formula is C20H20F3N. The van der Waals surface area contributed by atoms with Crippen LogP contribution in [0.4, 0.5) is 13.2 Å². The van der Waals surface area contributed by atoms with Gasteiger partial charge in [-0.05, 0) is 48.1 Å². The van der Waals surface area contributed by atoms with Gasteiger partial charge < -0.3 is 5.32 Å². The molecule has 24 heavy (non-hydrogen) atoms. The van der Waals surface area contributed by atoms with Gasteiger partial charge in [-0.3, -0.25) is 0 Å². The molecule has 0 saturated heterocycles. The highest BCUT2D eigenvalue weighted by molar-refractivity contribution is 5.70. The standard InChI is InChI=1S/C20H20F3N/c21-20(22,23)17-12-10-16(11-13-17)18-8-4-5-9-19(18)24-14-15-6-2-1-3-7-15/h1-3,6-8,10-13,19,24H,4-5,9,14H2/t19-/m0/s1. The van der Waals surface area contributed by atoms with Crippen LogP contribution in [0.25, 0.3) is 5.57 Å². The molecule has 1 N–H and O–H groups in total. The zero-order valence-electron chi connectivity index (χ0n) is 13.3. The van der Waals surface area contributed by atoms with Crippen molar-refractivity contribution in [3.63, 3.8) is 0 Å². The highest BCUT2D eigenvalue weighted by atomic mass is 19.4. The van der Waals surface area contributed by atoms with Crippen molar-refractivity contribution in [3.8, 4) is 0 Å². The van der Waals surface area contributed by atoms with Crippen LogP contribution in [-0.4, -0.2) is 6.04 Å². The molecule has 0 unspecified atom stereocenters. The molecule has 126 valence electrons. The topological polar surface area (TPSA) is 12.0 Å². The van der Waals surface area contributed by atoms with Crippen molar-refractivity contribution in [3.05, 3.63) is 77.4 Å². The molecule has 0 amide bonds. The second-order valence-corrected chi connectivity index (χ2v) is 6.08. The van der Waals surface area contributed by atoms with Crippen molar-refractivity contribution < 1.29 is 13.2 Å². The smallest absolute Gasteiger partial charge is 0.306 e. The minimum atomic E-state index is -4.29. The van der Waals surface area contributed by atoms with Crippen LogP contribution in [0, 0.1) is 0 Å². The zero-order valence-corrected chi connectivity index (χ0v) is 13.3. The van der Waals surface area contributed by atoms with Gasteiger partial charge in [0.15, 0.2) is 0 Å². The van der Waals surface area contributed by atoms with E-state index in [0.717, 1.165) is 36.9 Å². The van der Waals surface area contributed by atoms with Gasteiger partial charge in [0, 0.05) is 12.6 Å². The van der Waals surface area contributed by atoms with Crippen LogP contribution in [-0.2, 0) is 12.7 Å². The van der Waals surface area contributed by atoms with Gasteiger partial charge in [0.2, 0.25) is 0 Å². The summed E-state index contributed by atoms with van der Waals surface area (Å²) in [6, 6.07) is 15.8. The SMILES string of the molecule is FC(F)(F)c1ccc(C2=CCCC[C@@H]2NCc2ccccc2)cc1. The van der Waals surface area contributed by atoms with Gasteiger partial charge in [0.25, 0.3) is 0 Å². The molecule has 1 aliphatic rings. The Kier molecular flexibility index (Phi) is 5.05. The number of benzene rings is 2. The minimum Gasteiger partial charge on any atom is -0.306 e. The van der Waals surface area contributed by atoms with E-state index in [1.165, 1.54) is 17.7 Å². The Morgan fingerprint density at radius 1 is 0.958 bits per heavy atom. The fourth-order valence-corrected chi connectivity index (χ4v) is 3.10. The number of nitrogens with one attached hydrogen (secondary N) is 1. The molecule has 2 aromatic rings. The second-order valence-electron chi connectivity index (χ2n) is 6.08. The van der Waals surface area contributed by atoms with Crippen molar-refractivity contribution in [2.24, 2.45) is 0 Å². The molecule has 0 radical (unpaired) electrons. The molecular weight excluding hydrogens is 311 g/mol. The van der Waals surface area contributed by atoms with E-state index in [0.29, 0.717) is 0 Å².